The molecule has 0 saturated heterocycles. The molecule has 24 heavy (non-hydrogen) atoms. The van der Waals surface area contributed by atoms with Gasteiger partial charge in [-0.05, 0) is 75.5 Å². The maximum absolute atomic E-state index is 2.71. The summed E-state index contributed by atoms with van der Waals surface area (Å²) in [5.41, 5.74) is 0. The van der Waals surface area contributed by atoms with Crippen molar-refractivity contribution in [1.82, 2.24) is 9.80 Å². The highest BCUT2D eigenvalue weighted by atomic mass is 15.3. The Hall–Kier alpha value is -0.0800. The molecule has 0 unspecified atom stereocenters. The molecule has 0 heterocycles. The topological polar surface area (TPSA) is 6.48 Å². The van der Waals surface area contributed by atoms with E-state index in [1.54, 1.807) is 0 Å². The lowest BCUT2D eigenvalue weighted by atomic mass is 10.1. The molecule has 0 N–H and O–H groups in total. The van der Waals surface area contributed by atoms with E-state index in [0.29, 0.717) is 0 Å². The minimum absolute atomic E-state index is 0. The predicted molar refractivity (Wildman–Crippen MR) is 113 cm³/mol. The standard InChI is InChI=1S/C21H46N2.CH4/c1-18(2)9-13-22(14-10-19(3)4)17-23(15-11-20(5)6)16-12-21(7)8;/h18-21H,9-17H2,1-8H3;1H4. The molecule has 0 radical (unpaired) electrons. The van der Waals surface area contributed by atoms with Gasteiger partial charge >= 0.3 is 0 Å². The normalized spacial score (nSPS) is 12.2. The second-order valence-corrected chi connectivity index (χ2v) is 9.11. The molecule has 0 atom stereocenters. The van der Waals surface area contributed by atoms with Crippen LogP contribution < -0.4 is 0 Å². The van der Waals surface area contributed by atoms with E-state index in [-0.39, 0.29) is 7.43 Å². The van der Waals surface area contributed by atoms with Crippen LogP contribution in [0.15, 0.2) is 0 Å². The summed E-state index contributed by atoms with van der Waals surface area (Å²) < 4.78 is 0. The summed E-state index contributed by atoms with van der Waals surface area (Å²) in [5, 5.41) is 0. The Morgan fingerprint density at radius 3 is 0.833 bits per heavy atom. The van der Waals surface area contributed by atoms with Gasteiger partial charge in [0, 0.05) is 0 Å². The van der Waals surface area contributed by atoms with Gasteiger partial charge in [-0.15, -0.1) is 0 Å². The van der Waals surface area contributed by atoms with Crippen molar-refractivity contribution >= 4 is 0 Å². The smallest absolute Gasteiger partial charge is 0.0506 e. The fourth-order valence-electron chi connectivity index (χ4n) is 2.55. The van der Waals surface area contributed by atoms with E-state index in [0.717, 1.165) is 23.7 Å². The molecule has 0 bridgehead atoms. The molecule has 0 amide bonds. The van der Waals surface area contributed by atoms with Gasteiger partial charge < -0.3 is 0 Å². The molecule has 0 aromatic carbocycles. The molecule has 148 valence electrons. The van der Waals surface area contributed by atoms with Gasteiger partial charge in [-0.3, -0.25) is 9.80 Å². The Kier molecular flexibility index (Phi) is 16.6. The lowest BCUT2D eigenvalue weighted by Crippen LogP contribution is -2.41. The zero-order valence-corrected chi connectivity index (χ0v) is 17.6. The Morgan fingerprint density at radius 1 is 0.458 bits per heavy atom. The molecule has 0 rings (SSSR count). The zero-order chi connectivity index (χ0) is 17.8. The highest BCUT2D eigenvalue weighted by molar-refractivity contribution is 4.66. The van der Waals surface area contributed by atoms with Crippen LogP contribution >= 0.6 is 0 Å². The molecular weight excluding hydrogens is 292 g/mol. The van der Waals surface area contributed by atoms with E-state index in [2.05, 4.69) is 65.2 Å². The third-order valence-corrected chi connectivity index (χ3v) is 4.49. The molecule has 0 fully saturated rings. The molecule has 0 aliphatic carbocycles. The van der Waals surface area contributed by atoms with Gasteiger partial charge in [0.05, 0.1) is 6.67 Å². The van der Waals surface area contributed by atoms with Gasteiger partial charge in [0.1, 0.15) is 0 Å². The summed E-state index contributed by atoms with van der Waals surface area (Å²) in [6.45, 7) is 24.9. The van der Waals surface area contributed by atoms with Crippen LogP contribution in [0.25, 0.3) is 0 Å². The van der Waals surface area contributed by atoms with Gasteiger partial charge in [0.25, 0.3) is 0 Å². The number of nitrogens with zero attached hydrogens (tertiary/aromatic N) is 2. The highest BCUT2D eigenvalue weighted by Gasteiger charge is 2.13. The van der Waals surface area contributed by atoms with E-state index in [1.165, 1.54) is 58.5 Å². The average molecular weight is 343 g/mol. The number of hydrogen-bond donors (Lipinski definition) is 0. The third kappa shape index (κ3) is 16.8. The summed E-state index contributed by atoms with van der Waals surface area (Å²) in [4.78, 5) is 5.42. The van der Waals surface area contributed by atoms with Crippen molar-refractivity contribution in [2.45, 2.75) is 88.5 Å². The van der Waals surface area contributed by atoms with Crippen molar-refractivity contribution in [3.8, 4) is 0 Å². The van der Waals surface area contributed by atoms with Gasteiger partial charge in [-0.2, -0.15) is 0 Å². The van der Waals surface area contributed by atoms with Crippen LogP contribution in [0, 0.1) is 23.7 Å². The minimum atomic E-state index is 0. The Balaban J connectivity index is 0. The SMILES string of the molecule is C.CC(C)CCN(CCC(C)C)CN(CCC(C)C)CCC(C)C. The van der Waals surface area contributed by atoms with Crippen LogP contribution in [0.3, 0.4) is 0 Å². The third-order valence-electron chi connectivity index (χ3n) is 4.49. The fourth-order valence-corrected chi connectivity index (χ4v) is 2.55. The van der Waals surface area contributed by atoms with Crippen molar-refractivity contribution in [2.24, 2.45) is 23.7 Å². The van der Waals surface area contributed by atoms with Crippen molar-refractivity contribution in [3.05, 3.63) is 0 Å². The Labute approximate surface area is 155 Å². The summed E-state index contributed by atoms with van der Waals surface area (Å²) in [7, 11) is 0. The molecule has 0 saturated carbocycles. The second-order valence-electron chi connectivity index (χ2n) is 9.11. The summed E-state index contributed by atoms with van der Waals surface area (Å²) in [6, 6.07) is 0. The molecule has 0 aromatic rings. The largest absolute Gasteiger partial charge is 0.290 e. The summed E-state index contributed by atoms with van der Waals surface area (Å²) in [5.74, 6) is 3.21. The number of rotatable bonds is 14. The first-order valence-corrected chi connectivity index (χ1v) is 10.1. The van der Waals surface area contributed by atoms with E-state index < -0.39 is 0 Å². The van der Waals surface area contributed by atoms with Crippen molar-refractivity contribution in [3.63, 3.8) is 0 Å². The maximum atomic E-state index is 2.71. The van der Waals surface area contributed by atoms with Gasteiger partial charge in [0.2, 0.25) is 0 Å². The van der Waals surface area contributed by atoms with Crippen LogP contribution in [0.1, 0.15) is 88.5 Å². The molecule has 2 nitrogen and oxygen atoms in total. The van der Waals surface area contributed by atoms with E-state index in [4.69, 9.17) is 0 Å². The average Bonchev–Trinajstić information content (AvgIpc) is 2.43. The predicted octanol–water partition coefficient (Wildman–Crippen LogP) is 6.37. The monoisotopic (exact) mass is 342 g/mol. The van der Waals surface area contributed by atoms with Crippen molar-refractivity contribution in [2.75, 3.05) is 32.8 Å². The summed E-state index contributed by atoms with van der Waals surface area (Å²) in [6.07, 6.45) is 5.28. The van der Waals surface area contributed by atoms with E-state index >= 15 is 0 Å². The van der Waals surface area contributed by atoms with Gasteiger partial charge in [-0.1, -0.05) is 62.8 Å². The minimum Gasteiger partial charge on any atom is -0.290 e. The first-order chi connectivity index (χ1) is 10.7. The highest BCUT2D eigenvalue weighted by Crippen LogP contribution is 2.11. The fraction of sp³-hybridized carbons (Fsp3) is 1.00. The molecule has 0 aliphatic heterocycles. The maximum Gasteiger partial charge on any atom is 0.0506 e. The first-order valence-electron chi connectivity index (χ1n) is 10.1. The lowest BCUT2D eigenvalue weighted by molar-refractivity contribution is 0.112. The lowest BCUT2D eigenvalue weighted by Gasteiger charge is -2.32. The van der Waals surface area contributed by atoms with Gasteiger partial charge in [0.15, 0.2) is 0 Å². The Bertz CT molecular complexity index is 209. The van der Waals surface area contributed by atoms with Gasteiger partial charge in [-0.25, -0.2) is 0 Å². The second kappa shape index (κ2) is 15.2. The van der Waals surface area contributed by atoms with Crippen molar-refractivity contribution < 1.29 is 0 Å². The molecule has 0 aliphatic rings. The molecule has 2 heteroatoms. The molecule has 0 aromatic heterocycles. The van der Waals surface area contributed by atoms with Crippen molar-refractivity contribution in [1.29, 1.82) is 0 Å². The van der Waals surface area contributed by atoms with Crippen LogP contribution in [-0.4, -0.2) is 42.6 Å². The van der Waals surface area contributed by atoms with Crippen LogP contribution in [0.4, 0.5) is 0 Å². The number of hydrogen-bond acceptors (Lipinski definition) is 2. The molecule has 0 spiro atoms. The molecular formula is C22H50N2. The first kappa shape index (κ1) is 26.2. The van der Waals surface area contributed by atoms with Crippen LogP contribution in [0.5, 0.6) is 0 Å². The summed E-state index contributed by atoms with van der Waals surface area (Å²) >= 11 is 0. The Morgan fingerprint density at radius 2 is 0.667 bits per heavy atom. The zero-order valence-electron chi connectivity index (χ0n) is 17.6. The van der Waals surface area contributed by atoms with E-state index in [9.17, 15) is 0 Å². The van der Waals surface area contributed by atoms with Crippen LogP contribution in [0.2, 0.25) is 0 Å². The quantitative estimate of drug-likeness (QED) is 0.338. The van der Waals surface area contributed by atoms with E-state index in [1.807, 2.05) is 0 Å². The van der Waals surface area contributed by atoms with Crippen LogP contribution in [-0.2, 0) is 0 Å².